The fourth-order valence-electron chi connectivity index (χ4n) is 3.85. The molecule has 0 bridgehead atoms. The van der Waals surface area contributed by atoms with Crippen LogP contribution in [-0.4, -0.2) is 41.8 Å². The van der Waals surface area contributed by atoms with Crippen LogP contribution in [0.2, 0.25) is 0 Å². The van der Waals surface area contributed by atoms with Crippen LogP contribution in [-0.2, 0) is 11.3 Å². The first-order valence-corrected chi connectivity index (χ1v) is 13.4. The molecule has 38 heavy (non-hydrogen) atoms. The SMILES string of the molecule is COCCC(C)NCc1ccc(-c2cc3nccc(Oc4ccc(NC(=O)NC5CC5)cc4F)c3s2)nc1. The van der Waals surface area contributed by atoms with Gasteiger partial charge in [-0.25, -0.2) is 9.18 Å². The second-order valence-corrected chi connectivity index (χ2v) is 10.4. The van der Waals surface area contributed by atoms with E-state index in [2.05, 4.69) is 38.9 Å². The number of hydrogen-bond acceptors (Lipinski definition) is 7. The molecule has 0 aliphatic heterocycles. The molecule has 1 atom stereocenters. The van der Waals surface area contributed by atoms with Gasteiger partial charge in [-0.1, -0.05) is 6.07 Å². The summed E-state index contributed by atoms with van der Waals surface area (Å²) in [6, 6.07) is 12.3. The zero-order valence-corrected chi connectivity index (χ0v) is 22.1. The molecule has 2 amide bonds. The first kappa shape index (κ1) is 26.0. The van der Waals surface area contributed by atoms with E-state index in [1.807, 2.05) is 18.3 Å². The van der Waals surface area contributed by atoms with E-state index in [1.54, 1.807) is 25.4 Å². The Kier molecular flexibility index (Phi) is 8.11. The van der Waals surface area contributed by atoms with E-state index in [0.717, 1.165) is 58.8 Å². The largest absolute Gasteiger partial charge is 0.453 e. The third-order valence-corrected chi connectivity index (χ3v) is 7.35. The van der Waals surface area contributed by atoms with E-state index in [0.29, 0.717) is 17.5 Å². The molecule has 8 nitrogen and oxygen atoms in total. The van der Waals surface area contributed by atoms with Gasteiger partial charge in [0.25, 0.3) is 0 Å². The lowest BCUT2D eigenvalue weighted by Gasteiger charge is -2.13. The van der Waals surface area contributed by atoms with Crippen molar-refractivity contribution in [1.82, 2.24) is 20.6 Å². The summed E-state index contributed by atoms with van der Waals surface area (Å²) in [6.07, 6.45) is 6.41. The van der Waals surface area contributed by atoms with Gasteiger partial charge in [0.05, 0.1) is 20.8 Å². The fourth-order valence-corrected chi connectivity index (χ4v) is 4.89. The first-order chi connectivity index (χ1) is 18.5. The Balaban J connectivity index is 1.27. The van der Waals surface area contributed by atoms with Gasteiger partial charge in [0.2, 0.25) is 0 Å². The number of anilines is 1. The lowest BCUT2D eigenvalue weighted by atomic mass is 10.2. The summed E-state index contributed by atoms with van der Waals surface area (Å²) in [5.74, 6) is -0.00289. The van der Waals surface area contributed by atoms with E-state index in [1.165, 1.54) is 23.5 Å². The zero-order valence-electron chi connectivity index (χ0n) is 21.3. The number of rotatable bonds is 11. The monoisotopic (exact) mass is 535 g/mol. The van der Waals surface area contributed by atoms with Crippen LogP contribution < -0.4 is 20.7 Å². The van der Waals surface area contributed by atoms with E-state index < -0.39 is 5.82 Å². The highest BCUT2D eigenvalue weighted by atomic mass is 32.1. The molecule has 0 spiro atoms. The number of methoxy groups -OCH3 is 1. The molecule has 3 N–H and O–H groups in total. The van der Waals surface area contributed by atoms with Crippen molar-refractivity contribution in [3.05, 3.63) is 66.2 Å². The van der Waals surface area contributed by atoms with Crippen molar-refractivity contribution in [1.29, 1.82) is 0 Å². The minimum absolute atomic E-state index is 0.0651. The average molecular weight is 536 g/mol. The third kappa shape index (κ3) is 6.63. The van der Waals surface area contributed by atoms with Crippen LogP contribution in [0.25, 0.3) is 20.8 Å². The van der Waals surface area contributed by atoms with Gasteiger partial charge >= 0.3 is 6.03 Å². The lowest BCUT2D eigenvalue weighted by Crippen LogP contribution is -2.30. The summed E-state index contributed by atoms with van der Waals surface area (Å²) in [6.45, 7) is 3.59. The predicted octanol–water partition coefficient (Wildman–Crippen LogP) is 6.09. The minimum atomic E-state index is -0.571. The number of halogens is 1. The molecule has 0 saturated heterocycles. The van der Waals surface area contributed by atoms with Crippen LogP contribution in [0.4, 0.5) is 14.9 Å². The fraction of sp³-hybridized carbons (Fsp3) is 0.321. The van der Waals surface area contributed by atoms with Gasteiger partial charge in [-0.15, -0.1) is 11.3 Å². The van der Waals surface area contributed by atoms with Crippen molar-refractivity contribution in [2.45, 2.75) is 44.8 Å². The Hall–Kier alpha value is -3.60. The maximum Gasteiger partial charge on any atom is 0.319 e. The van der Waals surface area contributed by atoms with Crippen LogP contribution in [0, 0.1) is 5.82 Å². The lowest BCUT2D eigenvalue weighted by molar-refractivity contribution is 0.184. The molecule has 1 aromatic carbocycles. The van der Waals surface area contributed by atoms with E-state index in [4.69, 9.17) is 9.47 Å². The first-order valence-electron chi connectivity index (χ1n) is 12.6. The number of nitrogens with one attached hydrogen (secondary N) is 3. The Labute approximate surface area is 224 Å². The second-order valence-electron chi connectivity index (χ2n) is 9.37. The molecule has 1 saturated carbocycles. The Morgan fingerprint density at radius 1 is 1.16 bits per heavy atom. The molecule has 1 fully saturated rings. The molecule has 5 rings (SSSR count). The van der Waals surface area contributed by atoms with Gasteiger partial charge in [0.15, 0.2) is 11.6 Å². The summed E-state index contributed by atoms with van der Waals surface area (Å²) in [5.41, 5.74) is 3.04. The van der Waals surface area contributed by atoms with E-state index in [-0.39, 0.29) is 17.8 Å². The van der Waals surface area contributed by atoms with Gasteiger partial charge in [0.1, 0.15) is 5.75 Å². The van der Waals surface area contributed by atoms with E-state index in [9.17, 15) is 9.18 Å². The summed E-state index contributed by atoms with van der Waals surface area (Å²) >= 11 is 1.49. The van der Waals surface area contributed by atoms with Crippen molar-refractivity contribution in [3.8, 4) is 22.1 Å². The van der Waals surface area contributed by atoms with Gasteiger partial charge in [-0.05, 0) is 56.0 Å². The molecular weight excluding hydrogens is 505 g/mol. The van der Waals surface area contributed by atoms with Crippen molar-refractivity contribution in [2.75, 3.05) is 19.0 Å². The van der Waals surface area contributed by atoms with Crippen molar-refractivity contribution < 1.29 is 18.7 Å². The summed E-state index contributed by atoms with van der Waals surface area (Å²) in [7, 11) is 1.71. The van der Waals surface area contributed by atoms with Crippen LogP contribution in [0.5, 0.6) is 11.5 Å². The molecule has 1 aliphatic carbocycles. The molecule has 0 radical (unpaired) electrons. The molecular formula is C28H30FN5O3S. The molecule has 3 aromatic heterocycles. The maximum absolute atomic E-state index is 14.8. The number of aromatic nitrogens is 2. The zero-order chi connectivity index (χ0) is 26.5. The summed E-state index contributed by atoms with van der Waals surface area (Å²) in [5, 5.41) is 8.94. The summed E-state index contributed by atoms with van der Waals surface area (Å²) in [4.78, 5) is 22.0. The summed E-state index contributed by atoms with van der Waals surface area (Å²) < 4.78 is 26.7. The minimum Gasteiger partial charge on any atom is -0.453 e. The number of carbonyl (C=O) groups excluding carboxylic acids is 1. The highest BCUT2D eigenvalue weighted by Crippen LogP contribution is 2.39. The number of urea groups is 1. The van der Waals surface area contributed by atoms with Gasteiger partial charge < -0.3 is 25.4 Å². The Bertz CT molecular complexity index is 1410. The smallest absolute Gasteiger partial charge is 0.319 e. The number of amides is 2. The number of pyridine rings is 2. The second kappa shape index (κ2) is 11.8. The third-order valence-electron chi connectivity index (χ3n) is 6.18. The van der Waals surface area contributed by atoms with Crippen LogP contribution >= 0.6 is 11.3 Å². The molecule has 3 heterocycles. The number of hydrogen-bond donors (Lipinski definition) is 3. The standard InChI is InChI=1S/C28H30FN5O3S/c1-17(10-12-36-2)31-15-18-3-7-22(32-16-18)26-14-23-27(38-26)25(9-11-30-23)37-24-8-6-20(13-21(24)29)34-28(35)33-19-4-5-19/h3,6-9,11,13-14,16-17,19,31H,4-5,10,12,15H2,1-2H3,(H2,33,34,35). The maximum atomic E-state index is 14.8. The quantitative estimate of drug-likeness (QED) is 0.215. The topological polar surface area (TPSA) is 97.4 Å². The van der Waals surface area contributed by atoms with Crippen LogP contribution in [0.3, 0.4) is 0 Å². The van der Waals surface area contributed by atoms with Crippen LogP contribution in [0.15, 0.2) is 54.9 Å². The number of thiophene rings is 1. The molecule has 10 heteroatoms. The molecule has 1 aliphatic rings. The average Bonchev–Trinajstić information content (AvgIpc) is 3.61. The number of benzene rings is 1. The van der Waals surface area contributed by atoms with E-state index >= 15 is 0 Å². The van der Waals surface area contributed by atoms with Gasteiger partial charge in [0, 0.05) is 62.6 Å². The normalized spacial score (nSPS) is 13.9. The number of carbonyl (C=O) groups is 1. The number of fused-ring (bicyclic) bond motifs is 1. The van der Waals surface area contributed by atoms with Crippen molar-refractivity contribution >= 4 is 33.3 Å². The Morgan fingerprint density at radius 3 is 2.76 bits per heavy atom. The highest BCUT2D eigenvalue weighted by Gasteiger charge is 2.23. The van der Waals surface area contributed by atoms with Gasteiger partial charge in [-0.2, -0.15) is 0 Å². The molecule has 4 aromatic rings. The molecule has 1 unspecified atom stereocenters. The number of nitrogens with zero attached hydrogens (tertiary/aromatic N) is 2. The predicted molar refractivity (Wildman–Crippen MR) is 147 cm³/mol. The van der Waals surface area contributed by atoms with Gasteiger partial charge in [-0.3, -0.25) is 9.97 Å². The highest BCUT2D eigenvalue weighted by molar-refractivity contribution is 7.22. The van der Waals surface area contributed by atoms with Crippen LogP contribution in [0.1, 0.15) is 31.7 Å². The van der Waals surface area contributed by atoms with Crippen molar-refractivity contribution in [2.24, 2.45) is 0 Å². The van der Waals surface area contributed by atoms with Crippen molar-refractivity contribution in [3.63, 3.8) is 0 Å². The molecule has 198 valence electrons. The number of ether oxygens (including phenoxy) is 2. The Morgan fingerprint density at radius 2 is 2.03 bits per heavy atom.